The minimum Gasteiger partial charge on any atom is -0.497 e. The molecule has 2 aromatic rings. The number of hydrogen-bond donors (Lipinski definition) is 0. The third-order valence-electron chi connectivity index (χ3n) is 3.01. The van der Waals surface area contributed by atoms with Gasteiger partial charge in [0.05, 0.1) is 19.0 Å². The number of rotatable bonds is 4. The summed E-state index contributed by atoms with van der Waals surface area (Å²) >= 11 is 3.35. The molecule has 0 amide bonds. The van der Waals surface area contributed by atoms with Crippen LogP contribution in [0.15, 0.2) is 30.3 Å². The first-order valence-electron chi connectivity index (χ1n) is 5.98. The first-order chi connectivity index (χ1) is 9.97. The Labute approximate surface area is 128 Å². The van der Waals surface area contributed by atoms with Gasteiger partial charge in [0.2, 0.25) is 0 Å². The predicted molar refractivity (Wildman–Crippen MR) is 76.6 cm³/mol. The lowest BCUT2D eigenvalue weighted by Gasteiger charge is -2.16. The topological polar surface area (TPSA) is 18.5 Å². The SMILES string of the molecule is COc1ccc(C(Br)c2cc(F)c(F)c(F)c2)c(OC)c1. The van der Waals surface area contributed by atoms with Crippen LogP contribution < -0.4 is 9.47 Å². The van der Waals surface area contributed by atoms with Gasteiger partial charge in [0.15, 0.2) is 17.5 Å². The Bertz CT molecular complexity index is 638. The molecular weight excluding hydrogens is 349 g/mol. The Morgan fingerprint density at radius 3 is 2.10 bits per heavy atom. The number of benzene rings is 2. The molecule has 0 bridgehead atoms. The van der Waals surface area contributed by atoms with E-state index in [4.69, 9.17) is 9.47 Å². The fourth-order valence-corrected chi connectivity index (χ4v) is 2.57. The molecule has 2 nitrogen and oxygen atoms in total. The van der Waals surface area contributed by atoms with E-state index in [1.165, 1.54) is 14.2 Å². The highest BCUT2D eigenvalue weighted by atomic mass is 79.9. The van der Waals surface area contributed by atoms with Crippen molar-refractivity contribution < 1.29 is 22.6 Å². The zero-order valence-corrected chi connectivity index (χ0v) is 12.9. The minimum atomic E-state index is -1.49. The van der Waals surface area contributed by atoms with E-state index in [1.807, 2.05) is 0 Å². The average molecular weight is 361 g/mol. The molecule has 0 radical (unpaired) electrons. The van der Waals surface area contributed by atoms with Crippen molar-refractivity contribution in [3.63, 3.8) is 0 Å². The summed E-state index contributed by atoms with van der Waals surface area (Å²) in [6.07, 6.45) is 0. The molecule has 0 saturated carbocycles. The molecule has 0 aliphatic heterocycles. The summed E-state index contributed by atoms with van der Waals surface area (Å²) in [4.78, 5) is -0.553. The van der Waals surface area contributed by atoms with Gasteiger partial charge in [-0.1, -0.05) is 22.0 Å². The average Bonchev–Trinajstić information content (AvgIpc) is 2.50. The largest absolute Gasteiger partial charge is 0.497 e. The van der Waals surface area contributed by atoms with E-state index in [9.17, 15) is 13.2 Å². The maximum Gasteiger partial charge on any atom is 0.194 e. The fourth-order valence-electron chi connectivity index (χ4n) is 1.93. The summed E-state index contributed by atoms with van der Waals surface area (Å²) < 4.78 is 50.0. The van der Waals surface area contributed by atoms with Crippen molar-refractivity contribution in [1.29, 1.82) is 0 Å². The second-order valence-corrected chi connectivity index (χ2v) is 5.18. The summed E-state index contributed by atoms with van der Waals surface area (Å²) in [6.45, 7) is 0. The van der Waals surface area contributed by atoms with Crippen molar-refractivity contribution in [2.45, 2.75) is 4.83 Å². The first-order valence-corrected chi connectivity index (χ1v) is 6.90. The van der Waals surface area contributed by atoms with Crippen LogP contribution in [-0.4, -0.2) is 14.2 Å². The van der Waals surface area contributed by atoms with E-state index in [2.05, 4.69) is 15.9 Å². The minimum absolute atomic E-state index is 0.245. The van der Waals surface area contributed by atoms with Gasteiger partial charge in [0.25, 0.3) is 0 Å². The van der Waals surface area contributed by atoms with Crippen molar-refractivity contribution in [2.24, 2.45) is 0 Å². The van der Waals surface area contributed by atoms with E-state index in [0.29, 0.717) is 17.1 Å². The van der Waals surface area contributed by atoms with Gasteiger partial charge >= 0.3 is 0 Å². The van der Waals surface area contributed by atoms with Crippen LogP contribution in [0.1, 0.15) is 16.0 Å². The van der Waals surface area contributed by atoms with Crippen LogP contribution in [0.3, 0.4) is 0 Å². The number of methoxy groups -OCH3 is 2. The van der Waals surface area contributed by atoms with Crippen LogP contribution in [0.4, 0.5) is 13.2 Å². The van der Waals surface area contributed by atoms with Crippen LogP contribution in [0, 0.1) is 17.5 Å². The fraction of sp³-hybridized carbons (Fsp3) is 0.200. The van der Waals surface area contributed by atoms with Gasteiger partial charge in [-0.05, 0) is 23.8 Å². The third kappa shape index (κ3) is 3.15. The zero-order valence-electron chi connectivity index (χ0n) is 11.3. The lowest BCUT2D eigenvalue weighted by Crippen LogP contribution is -2.01. The van der Waals surface area contributed by atoms with Gasteiger partial charge < -0.3 is 9.47 Å². The zero-order chi connectivity index (χ0) is 15.6. The molecule has 1 unspecified atom stereocenters. The van der Waals surface area contributed by atoms with Gasteiger partial charge in [0.1, 0.15) is 11.5 Å². The van der Waals surface area contributed by atoms with E-state index in [-0.39, 0.29) is 5.56 Å². The van der Waals surface area contributed by atoms with Crippen LogP contribution in [0.5, 0.6) is 11.5 Å². The van der Waals surface area contributed by atoms with Gasteiger partial charge in [-0.2, -0.15) is 0 Å². The molecular formula is C15H12BrF3O2. The van der Waals surface area contributed by atoms with Crippen molar-refractivity contribution in [1.82, 2.24) is 0 Å². The summed E-state index contributed by atoms with van der Waals surface area (Å²) in [7, 11) is 2.99. The molecule has 21 heavy (non-hydrogen) atoms. The monoisotopic (exact) mass is 360 g/mol. The summed E-state index contributed by atoms with van der Waals surface area (Å²) in [5, 5.41) is 0. The molecule has 0 aliphatic carbocycles. The molecule has 6 heteroatoms. The maximum atomic E-state index is 13.3. The smallest absolute Gasteiger partial charge is 0.194 e. The Balaban J connectivity index is 2.47. The molecule has 0 spiro atoms. The molecule has 0 saturated heterocycles. The molecule has 0 fully saturated rings. The number of halogens is 4. The lowest BCUT2D eigenvalue weighted by molar-refractivity contribution is 0.391. The molecule has 2 aromatic carbocycles. The standard InChI is InChI=1S/C15H12BrF3O2/c1-20-9-3-4-10(13(7-9)21-2)14(16)8-5-11(17)15(19)12(18)6-8/h3-7,14H,1-2H3. The molecule has 0 N–H and O–H groups in total. The van der Waals surface area contributed by atoms with Crippen LogP contribution in [0.2, 0.25) is 0 Å². The van der Waals surface area contributed by atoms with Crippen molar-refractivity contribution in [3.05, 3.63) is 58.9 Å². The second kappa shape index (κ2) is 6.39. The highest BCUT2D eigenvalue weighted by molar-refractivity contribution is 9.09. The molecule has 0 aliphatic rings. The highest BCUT2D eigenvalue weighted by Gasteiger charge is 2.20. The Kier molecular flexibility index (Phi) is 4.77. The van der Waals surface area contributed by atoms with Gasteiger partial charge in [-0.15, -0.1) is 0 Å². The summed E-state index contributed by atoms with van der Waals surface area (Å²) in [5.74, 6) is -2.88. The van der Waals surface area contributed by atoms with Crippen LogP contribution >= 0.6 is 15.9 Å². The quantitative estimate of drug-likeness (QED) is 0.585. The number of ether oxygens (including phenoxy) is 2. The van der Waals surface area contributed by atoms with Gasteiger partial charge in [0, 0.05) is 11.6 Å². The summed E-state index contributed by atoms with van der Waals surface area (Å²) in [5.41, 5.74) is 0.888. The van der Waals surface area contributed by atoms with Crippen LogP contribution in [0.25, 0.3) is 0 Å². The summed E-state index contributed by atoms with van der Waals surface area (Å²) in [6, 6.07) is 6.95. The maximum absolute atomic E-state index is 13.3. The second-order valence-electron chi connectivity index (χ2n) is 4.27. The van der Waals surface area contributed by atoms with Gasteiger partial charge in [-0.3, -0.25) is 0 Å². The lowest BCUT2D eigenvalue weighted by atomic mass is 10.0. The van der Waals surface area contributed by atoms with Crippen molar-refractivity contribution in [3.8, 4) is 11.5 Å². The molecule has 1 atom stereocenters. The predicted octanol–water partition coefficient (Wildman–Crippen LogP) is 4.61. The first kappa shape index (κ1) is 15.7. The molecule has 2 rings (SSSR count). The number of alkyl halides is 1. The van der Waals surface area contributed by atoms with Crippen molar-refractivity contribution in [2.75, 3.05) is 14.2 Å². The normalized spacial score (nSPS) is 12.1. The molecule has 0 heterocycles. The molecule has 0 aromatic heterocycles. The van der Waals surface area contributed by atoms with E-state index in [0.717, 1.165) is 12.1 Å². The number of hydrogen-bond acceptors (Lipinski definition) is 2. The van der Waals surface area contributed by atoms with E-state index in [1.54, 1.807) is 18.2 Å². The third-order valence-corrected chi connectivity index (χ3v) is 4.03. The molecule has 112 valence electrons. The highest BCUT2D eigenvalue weighted by Crippen LogP contribution is 2.39. The van der Waals surface area contributed by atoms with E-state index < -0.39 is 22.3 Å². The Hall–Kier alpha value is -1.69. The van der Waals surface area contributed by atoms with E-state index >= 15 is 0 Å². The van der Waals surface area contributed by atoms with Crippen molar-refractivity contribution >= 4 is 15.9 Å². The Morgan fingerprint density at radius 1 is 0.952 bits per heavy atom. The van der Waals surface area contributed by atoms with Gasteiger partial charge in [-0.25, -0.2) is 13.2 Å². The Morgan fingerprint density at radius 2 is 1.57 bits per heavy atom. The van der Waals surface area contributed by atoms with Crippen LogP contribution in [-0.2, 0) is 0 Å².